The molecule has 142 valence electrons. The van der Waals surface area contributed by atoms with Gasteiger partial charge in [-0.05, 0) is 36.5 Å². The van der Waals surface area contributed by atoms with Crippen LogP contribution in [0.3, 0.4) is 0 Å². The molecular formula is C21H21N5O2. The van der Waals surface area contributed by atoms with Gasteiger partial charge in [0.1, 0.15) is 0 Å². The van der Waals surface area contributed by atoms with Crippen molar-refractivity contribution in [3.8, 4) is 11.1 Å². The number of carbonyl (C=O) groups excluding carboxylic acids is 1. The van der Waals surface area contributed by atoms with E-state index in [9.17, 15) is 9.59 Å². The van der Waals surface area contributed by atoms with Gasteiger partial charge in [0.15, 0.2) is 5.69 Å². The summed E-state index contributed by atoms with van der Waals surface area (Å²) in [5.74, 6) is 0.346. The molecule has 7 nitrogen and oxygen atoms in total. The molecule has 0 unspecified atom stereocenters. The van der Waals surface area contributed by atoms with Crippen LogP contribution in [0, 0.1) is 12.8 Å². The molecule has 0 radical (unpaired) electrons. The maximum Gasteiger partial charge on any atom is 0.276 e. The Labute approximate surface area is 162 Å². The standard InChI is InChI=1S/C21H21N5O2/c1-13-20(23-24-22-13)21(28)25-10-14-7-17(12-25)18-8-16(9-19(27)26(18)11-14)15-5-3-2-4-6-15/h2-6,8-9,14,17H,7,10-12H2,1H3,(H,22,23,24)/t14-,17+/m0/s1. The average molecular weight is 375 g/mol. The van der Waals surface area contributed by atoms with E-state index in [0.29, 0.717) is 31.0 Å². The maximum atomic E-state index is 12.9. The van der Waals surface area contributed by atoms with E-state index in [1.807, 2.05) is 39.8 Å². The minimum absolute atomic E-state index is 0.0400. The Morgan fingerprint density at radius 3 is 2.64 bits per heavy atom. The first kappa shape index (κ1) is 16.9. The van der Waals surface area contributed by atoms with Crippen molar-refractivity contribution in [1.29, 1.82) is 0 Å². The first-order valence-corrected chi connectivity index (χ1v) is 9.57. The second-order valence-electron chi connectivity index (χ2n) is 7.75. The van der Waals surface area contributed by atoms with Crippen LogP contribution >= 0.6 is 0 Å². The van der Waals surface area contributed by atoms with E-state index >= 15 is 0 Å². The highest BCUT2D eigenvalue weighted by atomic mass is 16.2. The fourth-order valence-corrected chi connectivity index (χ4v) is 4.56. The normalized spacial score (nSPS) is 20.7. The number of H-pyrrole nitrogens is 1. The molecule has 5 rings (SSSR count). The van der Waals surface area contributed by atoms with Gasteiger partial charge in [-0.25, -0.2) is 0 Å². The van der Waals surface area contributed by atoms with Crippen molar-refractivity contribution in [2.45, 2.75) is 25.8 Å². The molecule has 28 heavy (non-hydrogen) atoms. The fourth-order valence-electron chi connectivity index (χ4n) is 4.56. The molecule has 2 aliphatic heterocycles. The monoisotopic (exact) mass is 375 g/mol. The molecule has 0 aliphatic carbocycles. The number of aromatic nitrogens is 4. The van der Waals surface area contributed by atoms with E-state index in [4.69, 9.17) is 0 Å². The van der Waals surface area contributed by atoms with Crippen LogP contribution in [0.1, 0.15) is 34.2 Å². The first-order valence-electron chi connectivity index (χ1n) is 9.57. The number of aryl methyl sites for hydroxylation is 1. The van der Waals surface area contributed by atoms with Gasteiger partial charge in [-0.15, -0.1) is 0 Å². The Morgan fingerprint density at radius 2 is 1.89 bits per heavy atom. The number of hydrogen-bond acceptors (Lipinski definition) is 4. The Hall–Kier alpha value is -3.22. The summed E-state index contributed by atoms with van der Waals surface area (Å²) < 4.78 is 1.90. The number of hydrogen-bond donors (Lipinski definition) is 1. The number of benzene rings is 1. The van der Waals surface area contributed by atoms with Gasteiger partial charge < -0.3 is 9.47 Å². The molecule has 1 N–H and O–H groups in total. The van der Waals surface area contributed by atoms with Crippen LogP contribution in [0.5, 0.6) is 0 Å². The third-order valence-electron chi connectivity index (χ3n) is 5.88. The van der Waals surface area contributed by atoms with Crippen LogP contribution in [0.4, 0.5) is 0 Å². The molecule has 3 aromatic rings. The number of nitrogens with zero attached hydrogens (tertiary/aromatic N) is 4. The molecule has 2 atom stereocenters. The second-order valence-corrected chi connectivity index (χ2v) is 7.75. The number of aromatic amines is 1. The molecule has 2 aliphatic rings. The molecule has 1 saturated heterocycles. The highest BCUT2D eigenvalue weighted by molar-refractivity contribution is 5.93. The summed E-state index contributed by atoms with van der Waals surface area (Å²) in [5, 5.41) is 10.5. The summed E-state index contributed by atoms with van der Waals surface area (Å²) >= 11 is 0. The van der Waals surface area contributed by atoms with Crippen LogP contribution in [-0.4, -0.2) is 43.9 Å². The van der Waals surface area contributed by atoms with E-state index in [2.05, 4.69) is 21.5 Å². The molecule has 4 heterocycles. The van der Waals surface area contributed by atoms with E-state index in [1.165, 1.54) is 0 Å². The van der Waals surface area contributed by atoms with Crippen LogP contribution in [-0.2, 0) is 6.54 Å². The van der Waals surface area contributed by atoms with Crippen LogP contribution in [0.2, 0.25) is 0 Å². The third-order valence-corrected chi connectivity index (χ3v) is 5.88. The number of amides is 1. The van der Waals surface area contributed by atoms with Crippen molar-refractivity contribution >= 4 is 5.91 Å². The lowest BCUT2D eigenvalue weighted by Crippen LogP contribution is -2.49. The molecule has 1 amide bonds. The number of carbonyl (C=O) groups is 1. The number of piperidine rings is 1. The Kier molecular flexibility index (Phi) is 3.89. The summed E-state index contributed by atoms with van der Waals surface area (Å²) in [6, 6.07) is 13.8. The van der Waals surface area contributed by atoms with Crippen molar-refractivity contribution in [3.63, 3.8) is 0 Å². The first-order chi connectivity index (χ1) is 13.6. The SMILES string of the molecule is Cc1n[nH]nc1C(=O)N1C[C@@H]2C[C@H](C1)c1cc(-c3ccccc3)cc(=O)n1C2. The lowest BCUT2D eigenvalue weighted by molar-refractivity contribution is 0.0588. The molecule has 7 heteroatoms. The van der Waals surface area contributed by atoms with Crippen LogP contribution in [0.25, 0.3) is 11.1 Å². The summed E-state index contributed by atoms with van der Waals surface area (Å²) in [7, 11) is 0. The number of pyridine rings is 1. The molecule has 1 fully saturated rings. The van der Waals surface area contributed by atoms with E-state index in [1.54, 1.807) is 13.0 Å². The van der Waals surface area contributed by atoms with E-state index in [0.717, 1.165) is 23.2 Å². The molecule has 2 aromatic heterocycles. The van der Waals surface area contributed by atoms with Crippen molar-refractivity contribution in [3.05, 3.63) is 69.9 Å². The zero-order valence-corrected chi connectivity index (χ0v) is 15.6. The van der Waals surface area contributed by atoms with E-state index < -0.39 is 0 Å². The van der Waals surface area contributed by atoms with Gasteiger partial charge in [0.05, 0.1) is 5.69 Å². The number of nitrogens with one attached hydrogen (secondary N) is 1. The summed E-state index contributed by atoms with van der Waals surface area (Å²) in [4.78, 5) is 27.6. The number of fused-ring (bicyclic) bond motifs is 4. The van der Waals surface area contributed by atoms with Gasteiger partial charge in [-0.3, -0.25) is 9.59 Å². The predicted molar refractivity (Wildman–Crippen MR) is 104 cm³/mol. The van der Waals surface area contributed by atoms with Gasteiger partial charge in [-0.2, -0.15) is 15.4 Å². The lowest BCUT2D eigenvalue weighted by atomic mass is 9.82. The Bertz CT molecular complexity index is 1100. The highest BCUT2D eigenvalue weighted by Crippen LogP contribution is 2.37. The average Bonchev–Trinajstić information content (AvgIpc) is 3.14. The van der Waals surface area contributed by atoms with Crippen molar-refractivity contribution in [2.75, 3.05) is 13.1 Å². The molecular weight excluding hydrogens is 354 g/mol. The molecule has 0 saturated carbocycles. The van der Waals surface area contributed by atoms with Crippen molar-refractivity contribution in [2.24, 2.45) is 5.92 Å². The summed E-state index contributed by atoms with van der Waals surface area (Å²) in [6.45, 7) is 3.68. The molecule has 2 bridgehead atoms. The summed E-state index contributed by atoms with van der Waals surface area (Å²) in [6.07, 6.45) is 0.999. The van der Waals surface area contributed by atoms with Gasteiger partial charge in [-0.1, -0.05) is 30.3 Å². The van der Waals surface area contributed by atoms with Crippen molar-refractivity contribution in [1.82, 2.24) is 24.9 Å². The minimum Gasteiger partial charge on any atom is -0.336 e. The zero-order chi connectivity index (χ0) is 19.3. The minimum atomic E-state index is -0.0871. The predicted octanol–water partition coefficient (Wildman–Crippen LogP) is 2.20. The largest absolute Gasteiger partial charge is 0.336 e. The molecule has 0 spiro atoms. The van der Waals surface area contributed by atoms with E-state index in [-0.39, 0.29) is 23.3 Å². The zero-order valence-electron chi connectivity index (χ0n) is 15.6. The smallest absolute Gasteiger partial charge is 0.276 e. The van der Waals surface area contributed by atoms with Crippen molar-refractivity contribution < 1.29 is 4.79 Å². The third kappa shape index (κ3) is 2.74. The van der Waals surface area contributed by atoms with Crippen LogP contribution in [0.15, 0.2) is 47.3 Å². The van der Waals surface area contributed by atoms with Gasteiger partial charge in [0.25, 0.3) is 11.5 Å². The lowest BCUT2D eigenvalue weighted by Gasteiger charge is -2.42. The fraction of sp³-hybridized carbons (Fsp3) is 0.333. The topological polar surface area (TPSA) is 83.9 Å². The number of rotatable bonds is 2. The quantitative estimate of drug-likeness (QED) is 0.744. The molecule has 1 aromatic carbocycles. The highest BCUT2D eigenvalue weighted by Gasteiger charge is 2.37. The Morgan fingerprint density at radius 1 is 1.07 bits per heavy atom. The van der Waals surface area contributed by atoms with Gasteiger partial charge in [0, 0.05) is 37.3 Å². The number of likely N-dealkylation sites (tertiary alicyclic amines) is 1. The second kappa shape index (κ2) is 6.44. The van der Waals surface area contributed by atoms with Gasteiger partial charge >= 0.3 is 0 Å². The maximum absolute atomic E-state index is 12.9. The summed E-state index contributed by atoms with van der Waals surface area (Å²) in [5.41, 5.74) is 4.03. The van der Waals surface area contributed by atoms with Gasteiger partial charge in [0.2, 0.25) is 0 Å². The Balaban J connectivity index is 1.50. The van der Waals surface area contributed by atoms with Crippen LogP contribution < -0.4 is 5.56 Å².